The van der Waals surface area contributed by atoms with Crippen molar-refractivity contribution in [1.29, 1.82) is 0 Å². The Hall–Kier alpha value is -3.42. The van der Waals surface area contributed by atoms with E-state index in [1.807, 2.05) is 13.0 Å². The van der Waals surface area contributed by atoms with Crippen LogP contribution in [0.2, 0.25) is 0 Å². The van der Waals surface area contributed by atoms with Gasteiger partial charge in [0.15, 0.2) is 0 Å². The average molecular weight is 410 g/mol. The molecule has 1 aromatic carbocycles. The minimum atomic E-state index is -0.318. The topological polar surface area (TPSA) is 80.2 Å². The largest absolute Gasteiger partial charge is 0.490 e. The summed E-state index contributed by atoms with van der Waals surface area (Å²) in [6, 6.07) is 11.0. The van der Waals surface area contributed by atoms with E-state index in [4.69, 9.17) is 4.74 Å². The Bertz CT molecular complexity index is 1110. The van der Waals surface area contributed by atoms with Crippen molar-refractivity contribution in [3.8, 4) is 17.0 Å². The first-order chi connectivity index (χ1) is 14.4. The van der Waals surface area contributed by atoms with Crippen LogP contribution in [-0.2, 0) is 7.05 Å². The van der Waals surface area contributed by atoms with Gasteiger partial charge in [0.1, 0.15) is 23.4 Å². The zero-order chi connectivity index (χ0) is 21.3. The molecule has 0 radical (unpaired) electrons. The van der Waals surface area contributed by atoms with Gasteiger partial charge in [0, 0.05) is 50.3 Å². The van der Waals surface area contributed by atoms with Crippen molar-refractivity contribution in [2.45, 2.75) is 25.9 Å². The van der Waals surface area contributed by atoms with Crippen LogP contribution in [-0.4, -0.2) is 44.8 Å². The Morgan fingerprint density at radius 3 is 2.53 bits per heavy atom. The van der Waals surface area contributed by atoms with Crippen LogP contribution in [0.5, 0.6) is 5.75 Å². The number of carbonyl (C=O) groups excluding carboxylic acids is 1. The quantitative estimate of drug-likeness (QED) is 0.717. The summed E-state index contributed by atoms with van der Waals surface area (Å²) in [5, 5.41) is 6.96. The average Bonchev–Trinajstić information content (AvgIpc) is 3.23. The maximum absolute atomic E-state index is 13.1. The van der Waals surface area contributed by atoms with Gasteiger partial charge in [-0.05, 0) is 43.3 Å². The number of hydrogen-bond acceptors (Lipinski definition) is 4. The van der Waals surface area contributed by atoms with Crippen molar-refractivity contribution in [2.75, 3.05) is 13.1 Å². The van der Waals surface area contributed by atoms with Crippen molar-refractivity contribution < 1.29 is 13.9 Å². The molecule has 3 aromatic rings. The third kappa shape index (κ3) is 4.12. The van der Waals surface area contributed by atoms with Crippen molar-refractivity contribution >= 4 is 5.91 Å². The third-order valence-corrected chi connectivity index (χ3v) is 5.46. The van der Waals surface area contributed by atoms with Gasteiger partial charge in [-0.2, -0.15) is 5.10 Å². The van der Waals surface area contributed by atoms with E-state index in [1.54, 1.807) is 34.7 Å². The highest BCUT2D eigenvalue weighted by molar-refractivity contribution is 5.93. The first-order valence-corrected chi connectivity index (χ1v) is 9.85. The van der Waals surface area contributed by atoms with E-state index >= 15 is 0 Å². The lowest BCUT2D eigenvalue weighted by molar-refractivity contribution is 0.0589. The number of likely N-dealkylation sites (tertiary alicyclic amines) is 1. The number of benzene rings is 1. The summed E-state index contributed by atoms with van der Waals surface area (Å²) < 4.78 is 20.6. The molecule has 2 aromatic heterocycles. The third-order valence-electron chi connectivity index (χ3n) is 5.46. The molecule has 1 aliphatic rings. The molecule has 0 saturated carbocycles. The number of rotatable bonds is 4. The smallest absolute Gasteiger partial charge is 0.271 e. The van der Waals surface area contributed by atoms with Gasteiger partial charge < -0.3 is 14.2 Å². The molecule has 0 atom stereocenters. The summed E-state index contributed by atoms with van der Waals surface area (Å²) in [7, 11) is 1.72. The number of amides is 1. The SMILES string of the molecule is Cc1cc(OC2CCN(C(=O)c3cc(-c4ccc(F)cc4)n[nH]3)CC2)cc(=O)n1C. The molecule has 156 valence electrons. The predicted octanol–water partition coefficient (Wildman–Crippen LogP) is 2.91. The number of aromatic nitrogens is 3. The van der Waals surface area contributed by atoms with E-state index in [-0.39, 0.29) is 23.4 Å². The highest BCUT2D eigenvalue weighted by Crippen LogP contribution is 2.22. The van der Waals surface area contributed by atoms with Crippen LogP contribution in [0.25, 0.3) is 11.3 Å². The van der Waals surface area contributed by atoms with Crippen molar-refractivity contribution in [1.82, 2.24) is 19.7 Å². The van der Waals surface area contributed by atoms with Crippen LogP contribution in [0.15, 0.2) is 47.3 Å². The number of piperidine rings is 1. The van der Waals surface area contributed by atoms with Gasteiger partial charge >= 0.3 is 0 Å². The second-order valence-corrected chi connectivity index (χ2v) is 7.51. The van der Waals surface area contributed by atoms with Gasteiger partial charge in [0.2, 0.25) is 0 Å². The summed E-state index contributed by atoms with van der Waals surface area (Å²) in [6.07, 6.45) is 1.31. The van der Waals surface area contributed by atoms with E-state index in [1.165, 1.54) is 18.2 Å². The number of hydrogen-bond donors (Lipinski definition) is 1. The van der Waals surface area contributed by atoms with Gasteiger partial charge in [-0.15, -0.1) is 0 Å². The number of aromatic amines is 1. The van der Waals surface area contributed by atoms with Gasteiger partial charge in [-0.1, -0.05) is 0 Å². The molecule has 1 aliphatic heterocycles. The second kappa shape index (κ2) is 8.14. The Kier molecular flexibility index (Phi) is 5.39. The molecule has 0 aliphatic carbocycles. The number of nitrogens with zero attached hydrogens (tertiary/aromatic N) is 3. The second-order valence-electron chi connectivity index (χ2n) is 7.51. The molecule has 0 unspecified atom stereocenters. The standard InChI is InChI=1S/C22H23FN4O3/c1-14-11-18(12-21(28)26(14)2)30-17-7-9-27(10-8-17)22(29)20-13-19(24-25-20)15-3-5-16(23)6-4-15/h3-6,11-13,17H,7-10H2,1-2H3,(H,24,25). The van der Waals surface area contributed by atoms with E-state index in [2.05, 4.69) is 10.2 Å². The lowest BCUT2D eigenvalue weighted by Gasteiger charge is -2.32. The van der Waals surface area contributed by atoms with Gasteiger partial charge in [0.05, 0.1) is 5.69 Å². The maximum atomic E-state index is 13.1. The van der Waals surface area contributed by atoms with E-state index < -0.39 is 0 Å². The molecule has 3 heterocycles. The molecule has 1 saturated heterocycles. The molecular formula is C22H23FN4O3. The van der Waals surface area contributed by atoms with Crippen molar-refractivity contribution in [2.24, 2.45) is 7.05 Å². The predicted molar refractivity (Wildman–Crippen MR) is 110 cm³/mol. The van der Waals surface area contributed by atoms with Crippen LogP contribution in [0.3, 0.4) is 0 Å². The highest BCUT2D eigenvalue weighted by Gasteiger charge is 2.26. The van der Waals surface area contributed by atoms with Crippen molar-refractivity contribution in [3.63, 3.8) is 0 Å². The first-order valence-electron chi connectivity index (χ1n) is 9.85. The molecule has 4 rings (SSSR count). The van der Waals surface area contributed by atoms with Crippen molar-refractivity contribution in [3.05, 3.63) is 70.0 Å². The summed E-state index contributed by atoms with van der Waals surface area (Å²) >= 11 is 0. The fourth-order valence-corrected chi connectivity index (χ4v) is 3.54. The number of H-pyrrole nitrogens is 1. The van der Waals surface area contributed by atoms with E-state index in [0.717, 1.165) is 11.3 Å². The fraction of sp³-hybridized carbons (Fsp3) is 0.318. The Morgan fingerprint density at radius 1 is 1.17 bits per heavy atom. The molecule has 7 nitrogen and oxygen atoms in total. The van der Waals surface area contributed by atoms with Crippen LogP contribution in [0, 0.1) is 12.7 Å². The van der Waals surface area contributed by atoms with Crippen LogP contribution in [0.1, 0.15) is 29.0 Å². The molecule has 0 spiro atoms. The molecule has 1 amide bonds. The van der Waals surface area contributed by atoms with Crippen LogP contribution in [0.4, 0.5) is 4.39 Å². The first kappa shape index (κ1) is 19.9. The fourth-order valence-electron chi connectivity index (χ4n) is 3.54. The summed E-state index contributed by atoms with van der Waals surface area (Å²) in [5.41, 5.74) is 2.46. The lowest BCUT2D eigenvalue weighted by Crippen LogP contribution is -2.42. The minimum absolute atomic E-state index is 0.0444. The summed E-state index contributed by atoms with van der Waals surface area (Å²) in [4.78, 5) is 26.5. The molecule has 1 N–H and O–H groups in total. The highest BCUT2D eigenvalue weighted by atomic mass is 19.1. The van der Waals surface area contributed by atoms with Gasteiger partial charge in [-0.3, -0.25) is 14.7 Å². The lowest BCUT2D eigenvalue weighted by atomic mass is 10.1. The van der Waals surface area contributed by atoms with Crippen LogP contribution >= 0.6 is 0 Å². The number of ether oxygens (including phenoxy) is 1. The van der Waals surface area contributed by atoms with E-state index in [0.29, 0.717) is 43.1 Å². The molecular weight excluding hydrogens is 387 g/mol. The minimum Gasteiger partial charge on any atom is -0.490 e. The monoisotopic (exact) mass is 410 g/mol. The van der Waals surface area contributed by atoms with Crippen LogP contribution < -0.4 is 10.3 Å². The van der Waals surface area contributed by atoms with Gasteiger partial charge in [-0.25, -0.2) is 4.39 Å². The van der Waals surface area contributed by atoms with E-state index in [9.17, 15) is 14.0 Å². The zero-order valence-corrected chi connectivity index (χ0v) is 16.9. The summed E-state index contributed by atoms with van der Waals surface area (Å²) in [5.74, 6) is 0.123. The molecule has 8 heteroatoms. The molecule has 30 heavy (non-hydrogen) atoms. The number of pyridine rings is 1. The van der Waals surface area contributed by atoms with Gasteiger partial charge in [0.25, 0.3) is 11.5 Å². The Morgan fingerprint density at radius 2 is 1.87 bits per heavy atom. The zero-order valence-electron chi connectivity index (χ0n) is 16.9. The summed E-state index contributed by atoms with van der Waals surface area (Å²) in [6.45, 7) is 2.97. The number of carbonyl (C=O) groups is 1. The number of aryl methyl sites for hydroxylation is 1. The normalized spacial score (nSPS) is 14.7. The molecule has 1 fully saturated rings. The number of nitrogens with one attached hydrogen (secondary N) is 1. The maximum Gasteiger partial charge on any atom is 0.271 e. The number of halogens is 1. The Labute approximate surface area is 173 Å². The Balaban J connectivity index is 1.37. The molecule has 0 bridgehead atoms.